The van der Waals surface area contributed by atoms with Crippen LogP contribution >= 0.6 is 0 Å². The number of likely N-dealkylation sites (tertiary alicyclic amines) is 1. The van der Waals surface area contributed by atoms with Crippen LogP contribution in [-0.2, 0) is 6.54 Å². The summed E-state index contributed by atoms with van der Waals surface area (Å²) in [5.41, 5.74) is 2.04. The first-order chi connectivity index (χ1) is 13.7. The van der Waals surface area contributed by atoms with E-state index in [0.29, 0.717) is 31.0 Å². The Labute approximate surface area is 163 Å². The van der Waals surface area contributed by atoms with Crippen LogP contribution in [0.1, 0.15) is 16.1 Å². The number of aromatic nitrogens is 3. The number of amides is 1. The number of aliphatic hydroxyl groups is 1. The van der Waals surface area contributed by atoms with Crippen LogP contribution < -0.4 is 5.32 Å². The Balaban J connectivity index is 1.48. The fourth-order valence-electron chi connectivity index (χ4n) is 4.58. The van der Waals surface area contributed by atoms with Crippen molar-refractivity contribution >= 4 is 16.9 Å². The van der Waals surface area contributed by atoms with Crippen LogP contribution in [0.15, 0.2) is 48.7 Å². The fraction of sp³-hybridized carbons (Fsp3) is 0.381. The van der Waals surface area contributed by atoms with Gasteiger partial charge in [-0.3, -0.25) is 4.79 Å². The lowest BCUT2D eigenvalue weighted by atomic mass is 9.82. The van der Waals surface area contributed by atoms with E-state index in [-0.39, 0.29) is 23.8 Å². The molecule has 2 atom stereocenters. The molecule has 1 amide bonds. The van der Waals surface area contributed by atoms with Gasteiger partial charge < -0.3 is 15.3 Å². The predicted octanol–water partition coefficient (Wildman–Crippen LogP) is 1.13. The molecule has 1 aromatic carbocycles. The van der Waals surface area contributed by atoms with E-state index in [1.807, 2.05) is 47.4 Å². The van der Waals surface area contributed by atoms with Crippen LogP contribution in [0, 0.1) is 11.3 Å². The first kappa shape index (κ1) is 17.3. The smallest absolute Gasteiger partial charge is 0.275 e. The van der Waals surface area contributed by atoms with Crippen molar-refractivity contribution in [3.63, 3.8) is 0 Å². The summed E-state index contributed by atoms with van der Waals surface area (Å²) in [5, 5.41) is 18.7. The summed E-state index contributed by atoms with van der Waals surface area (Å²) in [6.07, 6.45) is 1.73. The molecule has 144 valence electrons. The minimum absolute atomic E-state index is 0.0768. The molecule has 2 saturated heterocycles. The van der Waals surface area contributed by atoms with E-state index in [9.17, 15) is 9.90 Å². The fourth-order valence-corrected chi connectivity index (χ4v) is 4.58. The molecule has 7 heteroatoms. The molecule has 7 nitrogen and oxygen atoms in total. The van der Waals surface area contributed by atoms with Crippen LogP contribution in [0.2, 0.25) is 0 Å². The maximum Gasteiger partial charge on any atom is 0.275 e. The van der Waals surface area contributed by atoms with E-state index in [4.69, 9.17) is 0 Å². The van der Waals surface area contributed by atoms with Crippen LogP contribution in [0.5, 0.6) is 0 Å². The Kier molecular flexibility index (Phi) is 4.14. The SMILES string of the molecule is O=C(c1nn(Cc2ccccc2)c2ncccc12)N1CC2CNCC2(CO)C1. The summed E-state index contributed by atoms with van der Waals surface area (Å²) in [5.74, 6) is 0.212. The second-order valence-corrected chi connectivity index (χ2v) is 7.90. The molecule has 2 fully saturated rings. The molecule has 2 N–H and O–H groups in total. The molecule has 0 radical (unpaired) electrons. The third kappa shape index (κ3) is 2.70. The predicted molar refractivity (Wildman–Crippen MR) is 105 cm³/mol. The molecule has 2 aliphatic heterocycles. The average molecular weight is 377 g/mol. The van der Waals surface area contributed by atoms with Crippen molar-refractivity contribution in [1.82, 2.24) is 25.0 Å². The molecule has 2 aromatic heterocycles. The van der Waals surface area contributed by atoms with E-state index in [1.54, 1.807) is 10.9 Å². The zero-order valence-corrected chi connectivity index (χ0v) is 15.6. The summed E-state index contributed by atoms with van der Waals surface area (Å²) < 4.78 is 1.80. The topological polar surface area (TPSA) is 83.3 Å². The summed E-state index contributed by atoms with van der Waals surface area (Å²) in [6, 6.07) is 13.8. The molecule has 0 saturated carbocycles. The van der Waals surface area contributed by atoms with Gasteiger partial charge in [-0.05, 0) is 23.6 Å². The lowest BCUT2D eigenvalue weighted by Crippen LogP contribution is -2.38. The lowest BCUT2D eigenvalue weighted by molar-refractivity contribution is 0.0740. The van der Waals surface area contributed by atoms with Gasteiger partial charge in [0.1, 0.15) is 0 Å². The molecule has 3 aromatic rings. The summed E-state index contributed by atoms with van der Waals surface area (Å²) in [6.45, 7) is 3.47. The number of benzene rings is 1. The van der Waals surface area contributed by atoms with Gasteiger partial charge in [-0.2, -0.15) is 5.10 Å². The highest BCUT2D eigenvalue weighted by Crippen LogP contribution is 2.39. The second kappa shape index (κ2) is 6.68. The second-order valence-electron chi connectivity index (χ2n) is 7.90. The lowest BCUT2D eigenvalue weighted by Gasteiger charge is -2.24. The van der Waals surface area contributed by atoms with Crippen molar-refractivity contribution in [3.05, 3.63) is 59.9 Å². The zero-order valence-electron chi connectivity index (χ0n) is 15.6. The van der Waals surface area contributed by atoms with E-state index in [0.717, 1.165) is 24.0 Å². The Bertz CT molecular complexity index is 1020. The van der Waals surface area contributed by atoms with Gasteiger partial charge >= 0.3 is 0 Å². The molecular weight excluding hydrogens is 354 g/mol. The van der Waals surface area contributed by atoms with Gasteiger partial charge in [-0.15, -0.1) is 0 Å². The van der Waals surface area contributed by atoms with Gasteiger partial charge in [0.05, 0.1) is 18.5 Å². The average Bonchev–Trinajstić information content (AvgIpc) is 3.39. The van der Waals surface area contributed by atoms with Crippen molar-refractivity contribution < 1.29 is 9.90 Å². The maximum absolute atomic E-state index is 13.3. The number of rotatable bonds is 4. The highest BCUT2D eigenvalue weighted by molar-refractivity contribution is 6.04. The van der Waals surface area contributed by atoms with Gasteiger partial charge in [0.2, 0.25) is 0 Å². The highest BCUT2D eigenvalue weighted by atomic mass is 16.3. The minimum Gasteiger partial charge on any atom is -0.396 e. The van der Waals surface area contributed by atoms with Crippen LogP contribution in [0.3, 0.4) is 0 Å². The number of pyridine rings is 1. The summed E-state index contributed by atoms with van der Waals surface area (Å²) in [7, 11) is 0. The van der Waals surface area contributed by atoms with Crippen molar-refractivity contribution in [3.8, 4) is 0 Å². The quantitative estimate of drug-likeness (QED) is 0.712. The summed E-state index contributed by atoms with van der Waals surface area (Å²) in [4.78, 5) is 19.7. The number of aliphatic hydroxyl groups excluding tert-OH is 1. The molecule has 28 heavy (non-hydrogen) atoms. The molecule has 2 unspecified atom stereocenters. The van der Waals surface area contributed by atoms with E-state index >= 15 is 0 Å². The van der Waals surface area contributed by atoms with Crippen molar-refractivity contribution in [2.45, 2.75) is 6.54 Å². The van der Waals surface area contributed by atoms with Crippen LogP contribution in [-0.4, -0.2) is 63.5 Å². The van der Waals surface area contributed by atoms with Gasteiger partial charge in [0, 0.05) is 37.8 Å². The Hall–Kier alpha value is -2.77. The molecule has 0 spiro atoms. The van der Waals surface area contributed by atoms with E-state index in [2.05, 4.69) is 15.4 Å². The van der Waals surface area contributed by atoms with E-state index in [1.165, 1.54) is 0 Å². The Morgan fingerprint density at radius 1 is 1.25 bits per heavy atom. The molecule has 0 aliphatic carbocycles. The monoisotopic (exact) mass is 377 g/mol. The van der Waals surface area contributed by atoms with Gasteiger partial charge in [-0.1, -0.05) is 30.3 Å². The van der Waals surface area contributed by atoms with Gasteiger partial charge in [0.15, 0.2) is 11.3 Å². The van der Waals surface area contributed by atoms with Gasteiger partial charge in [0.25, 0.3) is 5.91 Å². The van der Waals surface area contributed by atoms with Crippen molar-refractivity contribution in [2.24, 2.45) is 11.3 Å². The number of fused-ring (bicyclic) bond motifs is 2. The first-order valence-electron chi connectivity index (χ1n) is 9.66. The normalized spacial score (nSPS) is 24.0. The summed E-state index contributed by atoms with van der Waals surface area (Å²) >= 11 is 0. The minimum atomic E-state index is -0.226. The van der Waals surface area contributed by atoms with Crippen molar-refractivity contribution in [1.29, 1.82) is 0 Å². The van der Waals surface area contributed by atoms with Crippen molar-refractivity contribution in [2.75, 3.05) is 32.8 Å². The maximum atomic E-state index is 13.3. The number of hydrogen-bond donors (Lipinski definition) is 2. The molecule has 4 heterocycles. The number of nitrogens with one attached hydrogen (secondary N) is 1. The number of carbonyl (C=O) groups excluding carboxylic acids is 1. The molecular formula is C21H23N5O2. The Morgan fingerprint density at radius 3 is 2.89 bits per heavy atom. The molecule has 5 rings (SSSR count). The zero-order chi connectivity index (χ0) is 19.1. The molecule has 2 aliphatic rings. The number of carbonyl (C=O) groups is 1. The van der Waals surface area contributed by atoms with E-state index < -0.39 is 0 Å². The standard InChI is InChI=1S/C21H23N5O2/c27-14-21-12-22-9-16(21)11-25(13-21)20(28)18-17-7-4-8-23-19(17)26(24-18)10-15-5-2-1-3-6-15/h1-8,16,22,27H,9-14H2. The van der Waals surface area contributed by atoms with Crippen LogP contribution in [0.25, 0.3) is 11.0 Å². The largest absolute Gasteiger partial charge is 0.396 e. The first-order valence-corrected chi connectivity index (χ1v) is 9.66. The molecule has 0 bridgehead atoms. The third-order valence-corrected chi connectivity index (χ3v) is 6.17. The third-order valence-electron chi connectivity index (χ3n) is 6.17. The Morgan fingerprint density at radius 2 is 2.11 bits per heavy atom. The van der Waals surface area contributed by atoms with Crippen LogP contribution in [0.4, 0.5) is 0 Å². The number of nitrogens with zero attached hydrogens (tertiary/aromatic N) is 4. The van der Waals surface area contributed by atoms with Gasteiger partial charge in [-0.25, -0.2) is 9.67 Å². The highest BCUT2D eigenvalue weighted by Gasteiger charge is 2.50. The number of hydrogen-bond acceptors (Lipinski definition) is 5.